The first-order valence-electron chi connectivity index (χ1n) is 5.16. The van der Waals surface area contributed by atoms with E-state index in [1.54, 1.807) is 0 Å². The molecule has 0 aromatic carbocycles. The van der Waals surface area contributed by atoms with Gasteiger partial charge in [-0.3, -0.25) is 9.69 Å². The zero-order chi connectivity index (χ0) is 10.6. The molecule has 3 nitrogen and oxygen atoms in total. The standard InChI is InChI=1S/C10H19NO2S/c1-8(2)11(5-3-10(12)13)9-4-6-14-7-9/h8-9H,3-7H2,1-2H3,(H,12,13). The Morgan fingerprint density at radius 3 is 2.79 bits per heavy atom. The summed E-state index contributed by atoms with van der Waals surface area (Å²) in [6.07, 6.45) is 1.47. The van der Waals surface area contributed by atoms with Gasteiger partial charge in [0.2, 0.25) is 0 Å². The second-order valence-corrected chi connectivity index (χ2v) is 5.14. The first-order chi connectivity index (χ1) is 6.61. The van der Waals surface area contributed by atoms with Gasteiger partial charge in [-0.2, -0.15) is 11.8 Å². The fourth-order valence-corrected chi connectivity index (χ4v) is 3.11. The Labute approximate surface area is 89.9 Å². The van der Waals surface area contributed by atoms with Gasteiger partial charge in [0.25, 0.3) is 0 Å². The van der Waals surface area contributed by atoms with Crippen LogP contribution >= 0.6 is 11.8 Å². The van der Waals surface area contributed by atoms with Crippen LogP contribution in [0.5, 0.6) is 0 Å². The van der Waals surface area contributed by atoms with Crippen LogP contribution in [0.25, 0.3) is 0 Å². The van der Waals surface area contributed by atoms with Crippen LogP contribution in [-0.4, -0.2) is 46.1 Å². The van der Waals surface area contributed by atoms with Gasteiger partial charge in [0.15, 0.2) is 0 Å². The number of thioether (sulfide) groups is 1. The lowest BCUT2D eigenvalue weighted by molar-refractivity contribution is -0.137. The predicted molar refractivity (Wildman–Crippen MR) is 59.8 cm³/mol. The molecular weight excluding hydrogens is 198 g/mol. The highest BCUT2D eigenvalue weighted by Gasteiger charge is 2.24. The van der Waals surface area contributed by atoms with E-state index in [4.69, 9.17) is 5.11 Å². The summed E-state index contributed by atoms with van der Waals surface area (Å²) in [5.41, 5.74) is 0. The molecule has 1 heterocycles. The molecule has 0 saturated carbocycles. The van der Waals surface area contributed by atoms with Gasteiger partial charge in [-0.1, -0.05) is 0 Å². The van der Waals surface area contributed by atoms with Crippen molar-refractivity contribution in [3.05, 3.63) is 0 Å². The summed E-state index contributed by atoms with van der Waals surface area (Å²) in [4.78, 5) is 12.8. The normalized spacial score (nSPS) is 22.1. The average Bonchev–Trinajstić information content (AvgIpc) is 2.56. The number of carbonyl (C=O) groups is 1. The molecule has 0 amide bonds. The first kappa shape index (κ1) is 11.9. The summed E-state index contributed by atoms with van der Waals surface area (Å²) in [5, 5.41) is 8.66. The smallest absolute Gasteiger partial charge is 0.304 e. The maximum absolute atomic E-state index is 10.5. The van der Waals surface area contributed by atoms with E-state index in [2.05, 4.69) is 18.7 Å². The van der Waals surface area contributed by atoms with Crippen LogP contribution in [0.3, 0.4) is 0 Å². The van der Waals surface area contributed by atoms with Gasteiger partial charge in [-0.05, 0) is 26.0 Å². The fraction of sp³-hybridized carbons (Fsp3) is 0.900. The molecule has 0 spiro atoms. The zero-order valence-electron chi connectivity index (χ0n) is 8.90. The minimum atomic E-state index is -0.693. The van der Waals surface area contributed by atoms with Crippen molar-refractivity contribution in [1.29, 1.82) is 0 Å². The van der Waals surface area contributed by atoms with E-state index in [0.717, 1.165) is 5.75 Å². The van der Waals surface area contributed by atoms with Crippen LogP contribution in [-0.2, 0) is 4.79 Å². The Kier molecular flexibility index (Phi) is 4.75. The molecule has 0 aromatic heterocycles. The van der Waals surface area contributed by atoms with Crippen LogP contribution in [0.2, 0.25) is 0 Å². The van der Waals surface area contributed by atoms with Crippen LogP contribution in [0.4, 0.5) is 0 Å². The van der Waals surface area contributed by atoms with Crippen molar-refractivity contribution in [1.82, 2.24) is 4.90 Å². The number of nitrogens with zero attached hydrogens (tertiary/aromatic N) is 1. The highest BCUT2D eigenvalue weighted by Crippen LogP contribution is 2.23. The molecule has 1 saturated heterocycles. The van der Waals surface area contributed by atoms with E-state index in [1.807, 2.05) is 11.8 Å². The maximum atomic E-state index is 10.5. The van der Waals surface area contributed by atoms with E-state index >= 15 is 0 Å². The molecule has 1 atom stereocenters. The van der Waals surface area contributed by atoms with Crippen LogP contribution in [0, 0.1) is 0 Å². The van der Waals surface area contributed by atoms with Gasteiger partial charge in [-0.15, -0.1) is 0 Å². The molecule has 1 aliphatic heterocycles. The predicted octanol–water partition coefficient (Wildman–Crippen LogP) is 1.68. The number of carboxylic acids is 1. The first-order valence-corrected chi connectivity index (χ1v) is 6.32. The molecule has 0 aliphatic carbocycles. The van der Waals surface area contributed by atoms with Crippen molar-refractivity contribution in [2.75, 3.05) is 18.1 Å². The summed E-state index contributed by atoms with van der Waals surface area (Å²) in [5.74, 6) is 1.69. The third-order valence-corrected chi connectivity index (χ3v) is 3.77. The number of aliphatic carboxylic acids is 1. The van der Waals surface area contributed by atoms with Crippen molar-refractivity contribution in [3.63, 3.8) is 0 Å². The lowest BCUT2D eigenvalue weighted by atomic mass is 10.1. The minimum absolute atomic E-state index is 0.263. The van der Waals surface area contributed by atoms with E-state index < -0.39 is 5.97 Å². The third kappa shape index (κ3) is 3.50. The van der Waals surface area contributed by atoms with Gasteiger partial charge in [0.1, 0.15) is 0 Å². The van der Waals surface area contributed by atoms with E-state index in [1.165, 1.54) is 12.2 Å². The quantitative estimate of drug-likeness (QED) is 0.760. The molecule has 0 bridgehead atoms. The summed E-state index contributed by atoms with van der Waals surface area (Å²) in [6.45, 7) is 4.98. The molecule has 4 heteroatoms. The molecular formula is C10H19NO2S. The van der Waals surface area contributed by atoms with E-state index in [0.29, 0.717) is 18.6 Å². The average molecular weight is 217 g/mol. The van der Waals surface area contributed by atoms with Gasteiger partial charge in [0, 0.05) is 24.4 Å². The highest BCUT2D eigenvalue weighted by atomic mass is 32.2. The molecule has 1 N–H and O–H groups in total. The number of hydrogen-bond donors (Lipinski definition) is 1. The van der Waals surface area contributed by atoms with E-state index in [-0.39, 0.29) is 6.42 Å². The molecule has 14 heavy (non-hydrogen) atoms. The van der Waals surface area contributed by atoms with E-state index in [9.17, 15) is 4.79 Å². The van der Waals surface area contributed by atoms with Gasteiger partial charge < -0.3 is 5.11 Å². The lowest BCUT2D eigenvalue weighted by Gasteiger charge is -2.31. The summed E-state index contributed by atoms with van der Waals surface area (Å²) >= 11 is 1.97. The minimum Gasteiger partial charge on any atom is -0.481 e. The topological polar surface area (TPSA) is 40.5 Å². The fourth-order valence-electron chi connectivity index (χ4n) is 1.87. The Morgan fingerprint density at radius 1 is 1.64 bits per heavy atom. The summed E-state index contributed by atoms with van der Waals surface area (Å²) in [7, 11) is 0. The van der Waals surface area contributed by atoms with Crippen molar-refractivity contribution in [2.45, 2.75) is 38.8 Å². The largest absolute Gasteiger partial charge is 0.481 e. The molecule has 1 unspecified atom stereocenters. The molecule has 1 rings (SSSR count). The Balaban J connectivity index is 2.41. The lowest BCUT2D eigenvalue weighted by Crippen LogP contribution is -2.41. The molecule has 1 aliphatic rings. The van der Waals surface area contributed by atoms with Crippen molar-refractivity contribution >= 4 is 17.7 Å². The molecule has 0 aromatic rings. The second-order valence-electron chi connectivity index (χ2n) is 3.99. The molecule has 0 radical (unpaired) electrons. The molecule has 82 valence electrons. The van der Waals surface area contributed by atoms with Crippen molar-refractivity contribution < 1.29 is 9.90 Å². The monoisotopic (exact) mass is 217 g/mol. The van der Waals surface area contributed by atoms with Crippen molar-refractivity contribution in [2.24, 2.45) is 0 Å². The number of rotatable bonds is 5. The third-order valence-electron chi connectivity index (χ3n) is 2.62. The SMILES string of the molecule is CC(C)N(CCC(=O)O)C1CCSC1. The molecule has 1 fully saturated rings. The van der Waals surface area contributed by atoms with Gasteiger partial charge in [-0.25, -0.2) is 0 Å². The number of carboxylic acid groups (broad SMARTS) is 1. The van der Waals surface area contributed by atoms with Crippen LogP contribution in [0.1, 0.15) is 26.7 Å². The van der Waals surface area contributed by atoms with Gasteiger partial charge >= 0.3 is 5.97 Å². The Morgan fingerprint density at radius 2 is 2.36 bits per heavy atom. The van der Waals surface area contributed by atoms with Gasteiger partial charge in [0.05, 0.1) is 6.42 Å². The summed E-state index contributed by atoms with van der Waals surface area (Å²) < 4.78 is 0. The zero-order valence-corrected chi connectivity index (χ0v) is 9.72. The summed E-state index contributed by atoms with van der Waals surface area (Å²) in [6, 6.07) is 1.05. The van der Waals surface area contributed by atoms with Crippen molar-refractivity contribution in [3.8, 4) is 0 Å². The van der Waals surface area contributed by atoms with Crippen LogP contribution in [0.15, 0.2) is 0 Å². The highest BCUT2D eigenvalue weighted by molar-refractivity contribution is 7.99. The number of hydrogen-bond acceptors (Lipinski definition) is 3. The Bertz CT molecular complexity index is 191. The maximum Gasteiger partial charge on any atom is 0.304 e. The Hall–Kier alpha value is -0.220. The second kappa shape index (κ2) is 5.61. The van der Waals surface area contributed by atoms with Crippen LogP contribution < -0.4 is 0 Å².